The van der Waals surface area contributed by atoms with Crippen molar-refractivity contribution in [2.45, 2.75) is 18.6 Å². The Kier molecular flexibility index (Phi) is 6.27. The van der Waals surface area contributed by atoms with Gasteiger partial charge in [-0.2, -0.15) is 0 Å². The van der Waals surface area contributed by atoms with E-state index in [2.05, 4.69) is 10.3 Å². The largest absolute Gasteiger partial charge is 0.326 e. The summed E-state index contributed by atoms with van der Waals surface area (Å²) < 4.78 is 13.3. The fourth-order valence-corrected chi connectivity index (χ4v) is 4.08. The summed E-state index contributed by atoms with van der Waals surface area (Å²) >= 11 is 13.0. The number of carbonyl (C=O) groups is 2. The number of carbonyl (C=O) groups excluding carboxylic acids is 2. The van der Waals surface area contributed by atoms with Crippen LogP contribution in [0.2, 0.25) is 10.0 Å². The third kappa shape index (κ3) is 4.48. The van der Waals surface area contributed by atoms with Crippen molar-refractivity contribution in [2.75, 3.05) is 12.4 Å². The highest BCUT2D eigenvalue weighted by Crippen LogP contribution is 2.32. The van der Waals surface area contributed by atoms with Crippen LogP contribution in [0.4, 0.5) is 15.8 Å². The minimum atomic E-state index is -0.598. The summed E-state index contributed by atoms with van der Waals surface area (Å²) in [6.45, 7) is 1.81. The van der Waals surface area contributed by atoms with Crippen LogP contribution in [0, 0.1) is 12.7 Å². The Hall–Kier alpha value is -2.09. The Morgan fingerprint density at radius 3 is 2.75 bits per heavy atom. The van der Waals surface area contributed by atoms with E-state index in [9.17, 15) is 14.0 Å². The van der Waals surface area contributed by atoms with Crippen molar-refractivity contribution in [1.82, 2.24) is 4.90 Å². The summed E-state index contributed by atoms with van der Waals surface area (Å²) in [5, 5.41) is 3.11. The van der Waals surface area contributed by atoms with E-state index in [0.717, 1.165) is 5.56 Å². The second-order valence-electron chi connectivity index (χ2n) is 6.16. The minimum Gasteiger partial charge on any atom is -0.326 e. The lowest BCUT2D eigenvalue weighted by Gasteiger charge is -2.11. The van der Waals surface area contributed by atoms with Gasteiger partial charge in [-0.05, 0) is 42.8 Å². The highest BCUT2D eigenvalue weighted by Gasteiger charge is 2.37. The van der Waals surface area contributed by atoms with Crippen molar-refractivity contribution < 1.29 is 14.0 Å². The van der Waals surface area contributed by atoms with E-state index in [-0.39, 0.29) is 23.3 Å². The molecule has 28 heavy (non-hydrogen) atoms. The highest BCUT2D eigenvalue weighted by atomic mass is 35.5. The Morgan fingerprint density at radius 2 is 2.04 bits per heavy atom. The normalized spacial score (nSPS) is 18.0. The molecule has 0 aliphatic carbocycles. The number of amides is 2. The molecule has 0 bridgehead atoms. The van der Waals surface area contributed by atoms with Crippen molar-refractivity contribution in [2.24, 2.45) is 4.99 Å². The molecular weight excluding hydrogens is 424 g/mol. The Balaban J connectivity index is 1.70. The van der Waals surface area contributed by atoms with E-state index in [1.165, 1.54) is 34.9 Å². The summed E-state index contributed by atoms with van der Waals surface area (Å²) in [5.74, 6) is -1.06. The van der Waals surface area contributed by atoms with Crippen LogP contribution in [-0.4, -0.2) is 34.2 Å². The molecular formula is C19H16Cl2FN3O2S. The average molecular weight is 440 g/mol. The van der Waals surface area contributed by atoms with Gasteiger partial charge in [0.2, 0.25) is 11.8 Å². The number of hydrogen-bond donors (Lipinski definition) is 1. The molecule has 3 rings (SSSR count). The zero-order valence-electron chi connectivity index (χ0n) is 15.0. The van der Waals surface area contributed by atoms with Crippen molar-refractivity contribution in [3.05, 3.63) is 57.8 Å². The smallest absolute Gasteiger partial charge is 0.242 e. The molecule has 2 aromatic rings. The van der Waals surface area contributed by atoms with E-state index in [1.807, 2.05) is 0 Å². The van der Waals surface area contributed by atoms with Crippen LogP contribution in [0.25, 0.3) is 0 Å². The van der Waals surface area contributed by atoms with Gasteiger partial charge < -0.3 is 5.32 Å². The lowest BCUT2D eigenvalue weighted by atomic mass is 10.2. The number of thioether (sulfide) groups is 1. The molecule has 1 atom stereocenters. The quantitative estimate of drug-likeness (QED) is 0.726. The second-order valence-corrected chi connectivity index (χ2v) is 8.15. The number of nitrogens with zero attached hydrogens (tertiary/aromatic N) is 2. The number of benzene rings is 2. The monoisotopic (exact) mass is 439 g/mol. The Labute approximate surface area is 175 Å². The molecule has 1 heterocycles. The van der Waals surface area contributed by atoms with Gasteiger partial charge in [0.1, 0.15) is 11.1 Å². The Morgan fingerprint density at radius 1 is 1.29 bits per heavy atom. The SMILES string of the molecule is Cc1c(Cl)cccc1NC(=O)CC1SC(=Nc2ccc(F)c(Cl)c2)N(C)C1=O. The number of aliphatic imine (C=N–C) groups is 1. The van der Waals surface area contributed by atoms with Gasteiger partial charge in [0, 0.05) is 24.2 Å². The number of nitrogens with one attached hydrogen (secondary N) is 1. The van der Waals surface area contributed by atoms with Crippen molar-refractivity contribution >= 4 is 63.3 Å². The molecule has 146 valence electrons. The van der Waals surface area contributed by atoms with Crippen LogP contribution in [0.5, 0.6) is 0 Å². The molecule has 9 heteroatoms. The first-order chi connectivity index (χ1) is 13.3. The first-order valence-electron chi connectivity index (χ1n) is 8.29. The topological polar surface area (TPSA) is 61.8 Å². The lowest BCUT2D eigenvalue weighted by molar-refractivity contribution is -0.127. The average Bonchev–Trinajstić information content (AvgIpc) is 2.90. The number of amidine groups is 1. The molecule has 1 aliphatic heterocycles. The maximum atomic E-state index is 13.3. The van der Waals surface area contributed by atoms with Gasteiger partial charge in [-0.25, -0.2) is 9.38 Å². The van der Waals surface area contributed by atoms with Gasteiger partial charge in [0.05, 0.1) is 10.7 Å². The van der Waals surface area contributed by atoms with Crippen LogP contribution >= 0.6 is 35.0 Å². The van der Waals surface area contributed by atoms with Crippen molar-refractivity contribution in [3.63, 3.8) is 0 Å². The van der Waals surface area contributed by atoms with Crippen LogP contribution in [0.3, 0.4) is 0 Å². The summed E-state index contributed by atoms with van der Waals surface area (Å²) in [7, 11) is 1.58. The van der Waals surface area contributed by atoms with E-state index in [0.29, 0.717) is 21.6 Å². The van der Waals surface area contributed by atoms with E-state index in [1.54, 1.807) is 32.2 Å². The van der Waals surface area contributed by atoms with Gasteiger partial charge in [-0.1, -0.05) is 41.0 Å². The van der Waals surface area contributed by atoms with Crippen molar-refractivity contribution in [3.8, 4) is 0 Å². The van der Waals surface area contributed by atoms with E-state index in [4.69, 9.17) is 23.2 Å². The molecule has 1 N–H and O–H groups in total. The fraction of sp³-hybridized carbons (Fsp3) is 0.211. The van der Waals surface area contributed by atoms with E-state index < -0.39 is 11.1 Å². The predicted molar refractivity (Wildman–Crippen MR) is 112 cm³/mol. The molecule has 1 saturated heterocycles. The van der Waals surface area contributed by atoms with Crippen molar-refractivity contribution in [1.29, 1.82) is 0 Å². The standard InChI is InChI=1S/C19H16Cl2FN3O2S/c1-10-12(20)4-3-5-15(10)24-17(26)9-16-18(27)25(2)19(28-16)23-11-6-7-14(22)13(21)8-11/h3-8,16H,9H2,1-2H3,(H,24,26). The molecule has 1 aliphatic rings. The van der Waals surface area contributed by atoms with E-state index >= 15 is 0 Å². The molecule has 1 fully saturated rings. The molecule has 2 aromatic carbocycles. The molecule has 1 unspecified atom stereocenters. The first kappa shape index (κ1) is 20.6. The maximum absolute atomic E-state index is 13.3. The highest BCUT2D eigenvalue weighted by molar-refractivity contribution is 8.15. The maximum Gasteiger partial charge on any atom is 0.242 e. The molecule has 0 spiro atoms. The third-order valence-corrected chi connectivity index (χ3v) is 6.11. The molecule has 0 aromatic heterocycles. The van der Waals surface area contributed by atoms with Gasteiger partial charge >= 0.3 is 0 Å². The summed E-state index contributed by atoms with van der Waals surface area (Å²) in [4.78, 5) is 30.6. The van der Waals surface area contributed by atoms with Gasteiger partial charge in [-0.3, -0.25) is 14.5 Å². The summed E-state index contributed by atoms with van der Waals surface area (Å²) in [6, 6.07) is 9.29. The number of anilines is 1. The van der Waals surface area contributed by atoms with Crippen LogP contribution in [0.15, 0.2) is 41.4 Å². The predicted octanol–water partition coefficient (Wildman–Crippen LogP) is 5.03. The Bertz CT molecular complexity index is 984. The molecule has 2 amide bonds. The van der Waals surface area contributed by atoms with Gasteiger partial charge in [0.25, 0.3) is 0 Å². The zero-order chi connectivity index (χ0) is 20.4. The van der Waals surface area contributed by atoms with Crippen LogP contribution in [0.1, 0.15) is 12.0 Å². The number of rotatable bonds is 4. The molecule has 0 saturated carbocycles. The number of halogens is 3. The minimum absolute atomic E-state index is 0.0109. The second kappa shape index (κ2) is 8.51. The lowest BCUT2D eigenvalue weighted by Crippen LogP contribution is -2.30. The summed E-state index contributed by atoms with van der Waals surface area (Å²) in [5.41, 5.74) is 1.79. The zero-order valence-corrected chi connectivity index (χ0v) is 17.3. The first-order valence-corrected chi connectivity index (χ1v) is 9.92. The molecule has 0 radical (unpaired) electrons. The fourth-order valence-electron chi connectivity index (χ4n) is 2.57. The van der Waals surface area contributed by atoms with Crippen LogP contribution < -0.4 is 5.32 Å². The number of hydrogen-bond acceptors (Lipinski definition) is 4. The van der Waals surface area contributed by atoms with Gasteiger partial charge in [-0.15, -0.1) is 0 Å². The molecule has 5 nitrogen and oxygen atoms in total. The van der Waals surface area contributed by atoms with Gasteiger partial charge in [0.15, 0.2) is 5.17 Å². The van der Waals surface area contributed by atoms with Crippen LogP contribution in [-0.2, 0) is 9.59 Å². The third-order valence-electron chi connectivity index (χ3n) is 4.18. The summed E-state index contributed by atoms with van der Waals surface area (Å²) in [6.07, 6.45) is -0.0109.